The molecule has 0 aliphatic carbocycles. The van der Waals surface area contributed by atoms with E-state index in [1.807, 2.05) is 11.4 Å². The number of nitrogens with one attached hydrogen (secondary N) is 1. The first-order valence-corrected chi connectivity index (χ1v) is 6.55. The molecule has 1 unspecified atom stereocenters. The van der Waals surface area contributed by atoms with E-state index in [0.717, 1.165) is 16.9 Å². The normalized spacial score (nSPS) is 12.8. The molecule has 16 heavy (non-hydrogen) atoms. The number of thiophene rings is 1. The van der Waals surface area contributed by atoms with Gasteiger partial charge in [0, 0.05) is 12.6 Å². The quantitative estimate of drug-likeness (QED) is 0.827. The van der Waals surface area contributed by atoms with E-state index in [4.69, 9.17) is 5.73 Å². The number of hydrogen-bond acceptors (Lipinski definition) is 3. The van der Waals surface area contributed by atoms with E-state index in [2.05, 4.69) is 26.1 Å². The molecule has 3 nitrogen and oxygen atoms in total. The molecule has 90 valence electrons. The molecule has 0 radical (unpaired) electrons. The molecule has 3 N–H and O–H groups in total. The fourth-order valence-corrected chi connectivity index (χ4v) is 2.44. The van der Waals surface area contributed by atoms with Gasteiger partial charge in [0.1, 0.15) is 0 Å². The Morgan fingerprint density at radius 2 is 2.25 bits per heavy atom. The molecule has 0 aliphatic rings. The minimum atomic E-state index is 0.0102. The van der Waals surface area contributed by atoms with E-state index in [1.54, 1.807) is 0 Å². The van der Waals surface area contributed by atoms with Crippen LogP contribution in [0.5, 0.6) is 0 Å². The number of nitrogens with two attached hydrogens (primary N) is 1. The van der Waals surface area contributed by atoms with E-state index >= 15 is 0 Å². The van der Waals surface area contributed by atoms with Gasteiger partial charge in [0.25, 0.3) is 5.91 Å². The van der Waals surface area contributed by atoms with Crippen LogP contribution in [-0.2, 0) is 6.42 Å². The van der Waals surface area contributed by atoms with Crippen LogP contribution in [0.15, 0.2) is 11.4 Å². The Morgan fingerprint density at radius 3 is 2.75 bits per heavy atom. The lowest BCUT2D eigenvalue weighted by atomic mass is 10.0. The van der Waals surface area contributed by atoms with Crippen LogP contribution in [0, 0.1) is 5.92 Å². The van der Waals surface area contributed by atoms with Crippen LogP contribution in [0.1, 0.15) is 36.0 Å². The summed E-state index contributed by atoms with van der Waals surface area (Å²) in [5.74, 6) is 0.370. The van der Waals surface area contributed by atoms with E-state index in [1.165, 1.54) is 11.3 Å². The molecule has 0 saturated carbocycles. The molecular formula is C12H20N2OS. The van der Waals surface area contributed by atoms with Gasteiger partial charge in [-0.1, -0.05) is 20.8 Å². The first-order valence-electron chi connectivity index (χ1n) is 5.67. The van der Waals surface area contributed by atoms with Crippen molar-refractivity contribution in [1.82, 2.24) is 5.32 Å². The molecule has 1 amide bonds. The predicted molar refractivity (Wildman–Crippen MR) is 68.8 cm³/mol. The van der Waals surface area contributed by atoms with Gasteiger partial charge in [-0.05, 0) is 29.3 Å². The van der Waals surface area contributed by atoms with Crippen molar-refractivity contribution in [2.24, 2.45) is 11.7 Å². The fourth-order valence-electron chi connectivity index (χ4n) is 1.55. The second-order valence-electron chi connectivity index (χ2n) is 4.19. The molecule has 1 heterocycles. The Labute approximate surface area is 101 Å². The number of aryl methyl sites for hydroxylation is 1. The Balaban J connectivity index is 2.71. The molecule has 1 aromatic heterocycles. The average molecular weight is 240 g/mol. The van der Waals surface area contributed by atoms with Crippen LogP contribution in [0.2, 0.25) is 0 Å². The van der Waals surface area contributed by atoms with E-state index in [0.29, 0.717) is 12.5 Å². The Bertz CT molecular complexity index is 347. The van der Waals surface area contributed by atoms with Crippen LogP contribution in [0.25, 0.3) is 0 Å². The minimum Gasteiger partial charge on any atom is -0.347 e. The summed E-state index contributed by atoms with van der Waals surface area (Å²) in [4.78, 5) is 12.8. The number of hydrogen-bond donors (Lipinski definition) is 2. The summed E-state index contributed by atoms with van der Waals surface area (Å²) in [5, 5.41) is 4.95. The van der Waals surface area contributed by atoms with E-state index < -0.39 is 0 Å². The highest BCUT2D eigenvalue weighted by Crippen LogP contribution is 2.17. The molecular weight excluding hydrogens is 220 g/mol. The van der Waals surface area contributed by atoms with Crippen molar-refractivity contribution in [3.8, 4) is 0 Å². The minimum absolute atomic E-state index is 0.0102. The zero-order valence-corrected chi connectivity index (χ0v) is 10.9. The fraction of sp³-hybridized carbons (Fsp3) is 0.583. The number of carbonyl (C=O) groups excluding carboxylic acids is 1. The van der Waals surface area contributed by atoms with Crippen molar-refractivity contribution in [3.63, 3.8) is 0 Å². The topological polar surface area (TPSA) is 55.1 Å². The summed E-state index contributed by atoms with van der Waals surface area (Å²) in [6.07, 6.45) is 0.890. The van der Waals surface area contributed by atoms with E-state index in [9.17, 15) is 4.79 Å². The average Bonchev–Trinajstić information content (AvgIpc) is 2.72. The van der Waals surface area contributed by atoms with Crippen molar-refractivity contribution in [2.75, 3.05) is 6.54 Å². The number of carbonyl (C=O) groups is 1. The summed E-state index contributed by atoms with van der Waals surface area (Å²) in [5.41, 5.74) is 6.75. The van der Waals surface area contributed by atoms with Gasteiger partial charge in [-0.15, -0.1) is 11.3 Å². The molecule has 1 aromatic rings. The summed E-state index contributed by atoms with van der Waals surface area (Å²) in [6.45, 7) is 6.66. The highest BCUT2D eigenvalue weighted by molar-refractivity contribution is 7.12. The molecule has 4 heteroatoms. The molecule has 0 aromatic carbocycles. The third-order valence-electron chi connectivity index (χ3n) is 2.71. The number of amides is 1. The standard InChI is InChI=1S/C12H20N2OS/c1-4-9-5-6-16-11(9)12(15)14-10(7-13)8(2)3/h5-6,8,10H,4,7,13H2,1-3H3,(H,14,15). The molecule has 0 spiro atoms. The maximum atomic E-state index is 12.0. The molecule has 1 rings (SSSR count). The summed E-state index contributed by atoms with van der Waals surface area (Å²) >= 11 is 1.49. The Hall–Kier alpha value is -0.870. The van der Waals surface area contributed by atoms with Crippen LogP contribution in [0.3, 0.4) is 0 Å². The lowest BCUT2D eigenvalue weighted by Gasteiger charge is -2.20. The molecule has 1 atom stereocenters. The van der Waals surface area contributed by atoms with Crippen molar-refractivity contribution in [1.29, 1.82) is 0 Å². The zero-order valence-electron chi connectivity index (χ0n) is 10.1. The van der Waals surface area contributed by atoms with E-state index in [-0.39, 0.29) is 11.9 Å². The molecule has 0 saturated heterocycles. The third kappa shape index (κ3) is 3.06. The van der Waals surface area contributed by atoms with Crippen molar-refractivity contribution >= 4 is 17.2 Å². The van der Waals surface area contributed by atoms with Gasteiger partial charge < -0.3 is 11.1 Å². The summed E-state index contributed by atoms with van der Waals surface area (Å²) in [6, 6.07) is 2.06. The Kier molecular flexibility index (Phi) is 4.96. The first kappa shape index (κ1) is 13.2. The second kappa shape index (κ2) is 6.01. The van der Waals surface area contributed by atoms with Gasteiger partial charge in [-0.25, -0.2) is 0 Å². The Morgan fingerprint density at radius 1 is 1.56 bits per heavy atom. The van der Waals surface area contributed by atoms with Crippen LogP contribution in [0.4, 0.5) is 0 Å². The van der Waals surface area contributed by atoms with Gasteiger partial charge >= 0.3 is 0 Å². The van der Waals surface area contributed by atoms with Crippen LogP contribution < -0.4 is 11.1 Å². The van der Waals surface area contributed by atoms with Crippen LogP contribution >= 0.6 is 11.3 Å². The summed E-state index contributed by atoms with van der Waals surface area (Å²) in [7, 11) is 0. The van der Waals surface area contributed by atoms with Crippen molar-refractivity contribution in [3.05, 3.63) is 21.9 Å². The second-order valence-corrected chi connectivity index (χ2v) is 5.10. The van der Waals surface area contributed by atoms with Crippen molar-refractivity contribution in [2.45, 2.75) is 33.2 Å². The highest BCUT2D eigenvalue weighted by Gasteiger charge is 2.18. The molecule has 0 fully saturated rings. The van der Waals surface area contributed by atoms with Gasteiger partial charge in [0.2, 0.25) is 0 Å². The first-order chi connectivity index (χ1) is 7.60. The number of rotatable bonds is 5. The zero-order chi connectivity index (χ0) is 12.1. The molecule has 0 aliphatic heterocycles. The van der Waals surface area contributed by atoms with Gasteiger partial charge in [-0.3, -0.25) is 4.79 Å². The maximum absolute atomic E-state index is 12.0. The predicted octanol–water partition coefficient (Wildman–Crippen LogP) is 2.02. The monoisotopic (exact) mass is 240 g/mol. The SMILES string of the molecule is CCc1ccsc1C(=O)NC(CN)C(C)C. The third-order valence-corrected chi connectivity index (χ3v) is 3.66. The smallest absolute Gasteiger partial charge is 0.261 e. The largest absolute Gasteiger partial charge is 0.347 e. The maximum Gasteiger partial charge on any atom is 0.261 e. The highest BCUT2D eigenvalue weighted by atomic mass is 32.1. The molecule has 0 bridgehead atoms. The van der Waals surface area contributed by atoms with Crippen LogP contribution in [-0.4, -0.2) is 18.5 Å². The summed E-state index contributed by atoms with van der Waals surface area (Å²) < 4.78 is 0. The lowest BCUT2D eigenvalue weighted by Crippen LogP contribution is -2.43. The van der Waals surface area contributed by atoms with Gasteiger partial charge in [0.05, 0.1) is 4.88 Å². The van der Waals surface area contributed by atoms with Gasteiger partial charge in [0.15, 0.2) is 0 Å². The van der Waals surface area contributed by atoms with Crippen molar-refractivity contribution < 1.29 is 4.79 Å². The lowest BCUT2D eigenvalue weighted by molar-refractivity contribution is 0.0931. The van der Waals surface area contributed by atoms with Gasteiger partial charge in [-0.2, -0.15) is 0 Å².